The quantitative estimate of drug-likeness (QED) is 0.0381. The summed E-state index contributed by atoms with van der Waals surface area (Å²) in [6.07, 6.45) is 4.60. The predicted molar refractivity (Wildman–Crippen MR) is 271 cm³/mol. The van der Waals surface area contributed by atoms with Gasteiger partial charge in [-0.2, -0.15) is 23.5 Å². The topological polar surface area (TPSA) is 276 Å². The maximum atomic E-state index is 12.2. The number of aromatic nitrogens is 8. The Morgan fingerprint density at radius 2 is 0.838 bits per heavy atom. The second-order valence-corrected chi connectivity index (χ2v) is 21.3. The van der Waals surface area contributed by atoms with Gasteiger partial charge < -0.3 is 20.9 Å². The standard InChI is InChI=1S/C22H24N4O4S3.C8H7ClO.C8H12N6S3.C4H5ClO3/c1-15(27)30-14-18(29)13-22-26-24-20(33-22)8-10-31-9-7-19-23-25-21(32-19)12-17(28)11-16-5-3-2-4-6-16;9-8(10)6-7-4-2-1-3-5-7;9-7-13-11-5(16-7)1-3-15-4-2-6-12-14-8(10)17-6;1-3(6)8-2-4(5)7/h2-6H,7-14H2,1H3;1-5H,6H2;1-4H2,(H2,9,13)(H2,10,14);2H2,1H3. The first kappa shape index (κ1) is 57.5. The average molecular weight is 1080 g/mol. The minimum absolute atomic E-state index is 0.130. The van der Waals surface area contributed by atoms with Gasteiger partial charge in [0.05, 0.1) is 12.8 Å². The molecule has 68 heavy (non-hydrogen) atoms. The van der Waals surface area contributed by atoms with E-state index in [-0.39, 0.29) is 36.4 Å². The summed E-state index contributed by atoms with van der Waals surface area (Å²) in [7, 11) is 0. The van der Waals surface area contributed by atoms with Gasteiger partial charge in [0, 0.05) is 52.4 Å². The molecule has 0 aliphatic heterocycles. The summed E-state index contributed by atoms with van der Waals surface area (Å²) in [5.41, 5.74) is 13.0. The van der Waals surface area contributed by atoms with E-state index in [0.29, 0.717) is 34.5 Å². The molecule has 4 heterocycles. The lowest BCUT2D eigenvalue weighted by molar-refractivity contribution is -0.145. The Bertz CT molecular complexity index is 2400. The molecule has 6 aromatic rings. The number of nitrogens with zero attached hydrogens (tertiary/aromatic N) is 8. The van der Waals surface area contributed by atoms with Crippen molar-refractivity contribution in [3.05, 3.63) is 102 Å². The lowest BCUT2D eigenvalue weighted by Crippen LogP contribution is -2.13. The maximum Gasteiger partial charge on any atom is 0.303 e. The van der Waals surface area contributed by atoms with Crippen LogP contribution >= 0.6 is 92.1 Å². The van der Waals surface area contributed by atoms with Gasteiger partial charge in [-0.3, -0.25) is 28.8 Å². The number of halogens is 2. The minimum Gasteiger partial charge on any atom is -0.458 e. The SMILES string of the molecule is CC(=O)OCC(=O)Cc1nnc(CCSCCc2nnc(CC(=O)Cc3ccccc3)s2)s1.CC(=O)OCC(=O)Cl.Nc1nnc(CCSCCc2nnc(N)s2)s1.O=C(Cl)Cc1ccccc1. The van der Waals surface area contributed by atoms with Gasteiger partial charge in [0.1, 0.15) is 42.4 Å². The summed E-state index contributed by atoms with van der Waals surface area (Å²) in [6, 6.07) is 19.1. The highest BCUT2D eigenvalue weighted by Gasteiger charge is 2.13. The lowest BCUT2D eigenvalue weighted by atomic mass is 10.1. The minimum atomic E-state index is -0.666. The second-order valence-electron chi connectivity index (χ2n) is 13.5. The van der Waals surface area contributed by atoms with Crippen LogP contribution in [0.25, 0.3) is 0 Å². The van der Waals surface area contributed by atoms with E-state index >= 15 is 0 Å². The zero-order valence-electron chi connectivity index (χ0n) is 36.9. The predicted octanol–water partition coefficient (Wildman–Crippen LogP) is 6.32. The van der Waals surface area contributed by atoms with E-state index in [1.54, 1.807) is 11.8 Å². The number of hydrogen-bond acceptors (Lipinski definition) is 24. The fraction of sp³-hybridized carbons (Fsp3) is 0.381. The Kier molecular flexibility index (Phi) is 28.4. The number of carbonyl (C=O) groups excluding carboxylic acids is 6. The number of rotatable bonds is 24. The number of anilines is 2. The number of ether oxygens (including phenoxy) is 2. The molecule has 364 valence electrons. The molecule has 0 atom stereocenters. The first-order valence-electron chi connectivity index (χ1n) is 20.3. The van der Waals surface area contributed by atoms with Gasteiger partial charge in [-0.25, -0.2) is 0 Å². The molecule has 0 radical (unpaired) electrons. The van der Waals surface area contributed by atoms with Crippen molar-refractivity contribution in [2.24, 2.45) is 0 Å². The van der Waals surface area contributed by atoms with Crippen molar-refractivity contribution in [1.29, 1.82) is 0 Å². The normalized spacial score (nSPS) is 10.3. The smallest absolute Gasteiger partial charge is 0.303 e. The molecular formula is C42H48Cl2N10O8S6. The molecule has 0 saturated carbocycles. The van der Waals surface area contributed by atoms with E-state index in [1.165, 1.54) is 59.2 Å². The van der Waals surface area contributed by atoms with Crippen molar-refractivity contribution < 1.29 is 38.2 Å². The Morgan fingerprint density at radius 1 is 0.471 bits per heavy atom. The highest BCUT2D eigenvalue weighted by molar-refractivity contribution is 7.99. The molecule has 4 N–H and O–H groups in total. The van der Waals surface area contributed by atoms with Crippen LogP contribution in [0.2, 0.25) is 0 Å². The van der Waals surface area contributed by atoms with E-state index in [1.807, 2.05) is 72.4 Å². The molecular weight excluding hydrogens is 1040 g/mol. The second kappa shape index (κ2) is 33.6. The Labute approximate surface area is 427 Å². The van der Waals surface area contributed by atoms with Crippen molar-refractivity contribution in [2.75, 3.05) is 47.7 Å². The van der Waals surface area contributed by atoms with Crippen LogP contribution in [0.1, 0.15) is 55.0 Å². The Morgan fingerprint density at radius 3 is 1.21 bits per heavy atom. The molecule has 2 aromatic carbocycles. The zero-order valence-corrected chi connectivity index (χ0v) is 43.3. The number of ketones is 2. The van der Waals surface area contributed by atoms with Gasteiger partial charge in [-0.1, -0.05) is 83.3 Å². The van der Waals surface area contributed by atoms with E-state index in [2.05, 4.69) is 45.5 Å². The van der Waals surface area contributed by atoms with Gasteiger partial charge in [-0.15, -0.1) is 63.5 Å². The molecule has 0 amide bonds. The number of esters is 2. The molecule has 0 spiro atoms. The highest BCUT2D eigenvalue weighted by Crippen LogP contribution is 2.19. The van der Waals surface area contributed by atoms with Crippen molar-refractivity contribution in [3.63, 3.8) is 0 Å². The summed E-state index contributed by atoms with van der Waals surface area (Å²) >= 11 is 19.4. The van der Waals surface area contributed by atoms with Gasteiger partial charge >= 0.3 is 11.9 Å². The molecule has 0 unspecified atom stereocenters. The van der Waals surface area contributed by atoms with Crippen LogP contribution in [0, 0.1) is 0 Å². The van der Waals surface area contributed by atoms with E-state index in [9.17, 15) is 28.8 Å². The summed E-state index contributed by atoms with van der Waals surface area (Å²) in [4.78, 5) is 64.8. The van der Waals surface area contributed by atoms with Crippen molar-refractivity contribution >= 4 is 136 Å². The van der Waals surface area contributed by atoms with Crippen LogP contribution in [0.5, 0.6) is 0 Å². The Balaban J connectivity index is 0.000000287. The number of nitrogens with two attached hydrogens (primary N) is 2. The first-order valence-corrected chi connectivity index (χ1v) is 26.6. The van der Waals surface area contributed by atoms with Crippen LogP contribution in [0.4, 0.5) is 10.3 Å². The van der Waals surface area contributed by atoms with Gasteiger partial charge in [-0.05, 0) is 57.3 Å². The molecule has 0 aliphatic rings. The maximum absolute atomic E-state index is 12.2. The number of nitrogen functional groups attached to an aromatic ring is 2. The number of aryl methyl sites for hydroxylation is 4. The first-order chi connectivity index (χ1) is 32.6. The zero-order chi connectivity index (χ0) is 49.5. The van der Waals surface area contributed by atoms with E-state index in [0.717, 1.165) is 84.9 Å². The number of hydrogen-bond donors (Lipinski definition) is 2. The molecule has 26 heteroatoms. The van der Waals surface area contributed by atoms with Crippen LogP contribution in [0.3, 0.4) is 0 Å². The van der Waals surface area contributed by atoms with Crippen LogP contribution in [-0.2, 0) is 89.6 Å². The van der Waals surface area contributed by atoms with Gasteiger partial charge in [0.15, 0.2) is 12.4 Å². The fourth-order valence-corrected chi connectivity index (χ4v) is 10.3. The molecule has 18 nitrogen and oxygen atoms in total. The fourth-order valence-electron chi connectivity index (χ4n) is 4.87. The monoisotopic (exact) mass is 1080 g/mol. The van der Waals surface area contributed by atoms with E-state index < -0.39 is 17.2 Å². The summed E-state index contributed by atoms with van der Waals surface area (Å²) in [5, 5.41) is 37.3. The largest absolute Gasteiger partial charge is 0.458 e. The number of benzene rings is 2. The molecule has 6 rings (SSSR count). The van der Waals surface area contributed by atoms with Crippen molar-refractivity contribution in [2.45, 2.75) is 65.2 Å². The molecule has 4 aromatic heterocycles. The Hall–Kier alpha value is -4.82. The highest BCUT2D eigenvalue weighted by atomic mass is 35.5. The average Bonchev–Trinajstić information content (AvgIpc) is 4.13. The summed E-state index contributed by atoms with van der Waals surface area (Å²) in [5.74, 6) is 2.80. The van der Waals surface area contributed by atoms with E-state index in [4.69, 9.17) is 39.4 Å². The molecule has 0 aliphatic carbocycles. The number of thioether (sulfide) groups is 2. The van der Waals surface area contributed by atoms with Crippen LogP contribution in [-0.4, -0.2) is 111 Å². The lowest BCUT2D eigenvalue weighted by Gasteiger charge is -1.99. The summed E-state index contributed by atoms with van der Waals surface area (Å²) < 4.78 is 8.88. The third kappa shape index (κ3) is 27.9. The molecule has 0 saturated heterocycles. The van der Waals surface area contributed by atoms with Crippen molar-refractivity contribution in [3.8, 4) is 0 Å². The van der Waals surface area contributed by atoms with Crippen molar-refractivity contribution in [1.82, 2.24) is 40.8 Å². The van der Waals surface area contributed by atoms with Gasteiger partial charge in [0.2, 0.25) is 15.5 Å². The molecule has 0 bridgehead atoms. The van der Waals surface area contributed by atoms with Crippen LogP contribution < -0.4 is 11.5 Å². The number of Topliss-reactive ketones (excluding diaryl/α,β-unsaturated/α-hetero) is 2. The van der Waals surface area contributed by atoms with Gasteiger partial charge in [0.25, 0.3) is 5.24 Å². The third-order valence-electron chi connectivity index (χ3n) is 7.78. The molecule has 0 fully saturated rings. The number of carbonyl (C=O) groups is 6. The summed E-state index contributed by atoms with van der Waals surface area (Å²) in [6.45, 7) is 1.91. The van der Waals surface area contributed by atoms with Crippen LogP contribution in [0.15, 0.2) is 60.7 Å². The third-order valence-corrected chi connectivity index (χ3v) is 13.6.